The lowest BCUT2D eigenvalue weighted by Crippen LogP contribution is -2.21. The molecular weight excluding hydrogens is 500 g/mol. The largest absolute Gasteiger partial charge is 0.495 e. The number of aromatic nitrogens is 5. The maximum absolute atomic E-state index is 11.3. The van der Waals surface area contributed by atoms with E-state index >= 15 is 0 Å². The zero-order valence-corrected chi connectivity index (χ0v) is 20.1. The Bertz CT molecular complexity index is 1360. The van der Waals surface area contributed by atoms with E-state index in [1.165, 1.54) is 0 Å². The van der Waals surface area contributed by atoms with E-state index in [0.717, 1.165) is 40.9 Å². The number of halogens is 1. The summed E-state index contributed by atoms with van der Waals surface area (Å²) in [4.78, 5) is 25.1. The number of hydrogen-bond acceptors (Lipinski definition) is 7. The summed E-state index contributed by atoms with van der Waals surface area (Å²) in [5, 5.41) is 13.8. The van der Waals surface area contributed by atoms with E-state index in [1.54, 1.807) is 36.4 Å². The number of nitrogens with two attached hydrogens (primary N) is 1. The van der Waals surface area contributed by atoms with Gasteiger partial charge in [0.1, 0.15) is 11.6 Å². The van der Waals surface area contributed by atoms with Crippen LogP contribution in [0.15, 0.2) is 47.5 Å². The third-order valence-electron chi connectivity index (χ3n) is 6.43. The van der Waals surface area contributed by atoms with Gasteiger partial charge in [0.25, 0.3) is 0 Å². The van der Waals surface area contributed by atoms with Gasteiger partial charge in [-0.05, 0) is 53.7 Å². The van der Waals surface area contributed by atoms with Gasteiger partial charge in [-0.3, -0.25) is 14.8 Å². The van der Waals surface area contributed by atoms with Gasteiger partial charge in [0.15, 0.2) is 5.65 Å². The quantitative estimate of drug-likeness (QED) is 0.390. The number of anilines is 1. The Morgan fingerprint density at radius 3 is 2.62 bits per heavy atom. The van der Waals surface area contributed by atoms with Crippen LogP contribution in [0.25, 0.3) is 28.0 Å². The minimum atomic E-state index is -0.723. The molecule has 0 aliphatic heterocycles. The Labute approximate surface area is 204 Å². The fourth-order valence-corrected chi connectivity index (χ4v) is 5.08. The van der Waals surface area contributed by atoms with E-state index in [4.69, 9.17) is 15.5 Å². The van der Waals surface area contributed by atoms with Crippen molar-refractivity contribution in [3.05, 3.63) is 53.2 Å². The molecule has 1 aliphatic rings. The van der Waals surface area contributed by atoms with Crippen molar-refractivity contribution in [3.63, 3.8) is 0 Å². The number of pyridine rings is 2. The van der Waals surface area contributed by atoms with Gasteiger partial charge in [-0.1, -0.05) is 6.07 Å². The number of rotatable bonds is 5. The number of carbonyl (C=O) groups is 1. The van der Waals surface area contributed by atoms with Crippen LogP contribution in [0.1, 0.15) is 37.3 Å². The average Bonchev–Trinajstić information content (AvgIpc) is 3.30. The average molecular weight is 523 g/mol. The minimum absolute atomic E-state index is 0.140. The topological polar surface area (TPSA) is 129 Å². The molecule has 0 saturated heterocycles. The van der Waals surface area contributed by atoms with Crippen molar-refractivity contribution >= 4 is 33.4 Å². The van der Waals surface area contributed by atoms with Gasteiger partial charge in [0.05, 0.1) is 41.3 Å². The lowest BCUT2D eigenvalue weighted by Gasteiger charge is -2.26. The van der Waals surface area contributed by atoms with Gasteiger partial charge in [-0.15, -0.1) is 0 Å². The van der Waals surface area contributed by atoms with Crippen LogP contribution < -0.4 is 10.5 Å². The summed E-state index contributed by atoms with van der Waals surface area (Å²) in [7, 11) is 1.60. The second-order valence-electron chi connectivity index (χ2n) is 8.42. The Morgan fingerprint density at radius 2 is 1.94 bits per heavy atom. The predicted molar refractivity (Wildman–Crippen MR) is 130 cm³/mol. The Morgan fingerprint density at radius 1 is 1.15 bits per heavy atom. The molecule has 34 heavy (non-hydrogen) atoms. The van der Waals surface area contributed by atoms with Crippen molar-refractivity contribution in [2.45, 2.75) is 31.6 Å². The van der Waals surface area contributed by atoms with Gasteiger partial charge in [-0.2, -0.15) is 9.61 Å². The number of ether oxygens (including phenoxy) is 1. The monoisotopic (exact) mass is 522 g/mol. The van der Waals surface area contributed by atoms with E-state index in [-0.39, 0.29) is 11.8 Å². The number of fused-ring (bicyclic) bond motifs is 1. The number of nitrogens with zero attached hydrogens (tertiary/aromatic N) is 5. The highest BCUT2D eigenvalue weighted by atomic mass is 79.9. The maximum atomic E-state index is 11.3. The molecule has 0 unspecified atom stereocenters. The van der Waals surface area contributed by atoms with Crippen molar-refractivity contribution in [3.8, 4) is 28.1 Å². The molecule has 4 aromatic heterocycles. The lowest BCUT2D eigenvalue weighted by atomic mass is 9.80. The molecule has 0 spiro atoms. The van der Waals surface area contributed by atoms with Crippen molar-refractivity contribution in [2.24, 2.45) is 5.92 Å². The molecule has 1 fully saturated rings. The second kappa shape index (κ2) is 9.02. The van der Waals surface area contributed by atoms with Gasteiger partial charge < -0.3 is 15.6 Å². The summed E-state index contributed by atoms with van der Waals surface area (Å²) in [5.74, 6) is 0.270. The Hall–Kier alpha value is -3.53. The summed E-state index contributed by atoms with van der Waals surface area (Å²) in [5.41, 5.74) is 11.2. The van der Waals surface area contributed by atoms with E-state index in [9.17, 15) is 9.90 Å². The Kier molecular flexibility index (Phi) is 5.91. The second-order valence-corrected chi connectivity index (χ2v) is 9.22. The first-order valence-electron chi connectivity index (χ1n) is 11.0. The summed E-state index contributed by atoms with van der Waals surface area (Å²) in [6, 6.07) is 5.78. The zero-order valence-electron chi connectivity index (χ0n) is 18.5. The maximum Gasteiger partial charge on any atom is 0.306 e. The molecule has 0 bridgehead atoms. The molecule has 0 amide bonds. The van der Waals surface area contributed by atoms with Crippen LogP contribution in [0.3, 0.4) is 0 Å². The summed E-state index contributed by atoms with van der Waals surface area (Å²) < 4.78 is 7.58. The highest BCUT2D eigenvalue weighted by Gasteiger charge is 2.30. The highest BCUT2D eigenvalue weighted by Crippen LogP contribution is 2.40. The van der Waals surface area contributed by atoms with Gasteiger partial charge in [0.2, 0.25) is 0 Å². The SMILES string of the molecule is COc1cncc(-c2ccc(-c3cnn4c(N)c(Br)c([C@H]5CC[C@H](C(=O)O)CC5)nc34)cn2)c1. The first-order valence-corrected chi connectivity index (χ1v) is 11.8. The van der Waals surface area contributed by atoms with Crippen molar-refractivity contribution in [2.75, 3.05) is 12.8 Å². The molecule has 1 aliphatic carbocycles. The molecule has 9 nitrogen and oxygen atoms in total. The van der Waals surface area contributed by atoms with E-state index in [2.05, 4.69) is 31.0 Å². The van der Waals surface area contributed by atoms with Crippen LogP contribution in [-0.4, -0.2) is 42.8 Å². The van der Waals surface area contributed by atoms with Gasteiger partial charge >= 0.3 is 5.97 Å². The summed E-state index contributed by atoms with van der Waals surface area (Å²) >= 11 is 3.60. The van der Waals surface area contributed by atoms with E-state index in [1.807, 2.05) is 18.2 Å². The molecule has 1 saturated carbocycles. The normalized spacial score (nSPS) is 18.2. The molecule has 0 atom stereocenters. The van der Waals surface area contributed by atoms with E-state index < -0.39 is 5.97 Å². The third-order valence-corrected chi connectivity index (χ3v) is 7.24. The van der Waals surface area contributed by atoms with Crippen LogP contribution in [0.4, 0.5) is 5.82 Å². The number of hydrogen-bond donors (Lipinski definition) is 2. The molecule has 0 radical (unpaired) electrons. The molecule has 4 aromatic rings. The number of carboxylic acid groups (broad SMARTS) is 1. The van der Waals surface area contributed by atoms with Gasteiger partial charge in [-0.25, -0.2) is 4.98 Å². The molecule has 174 valence electrons. The van der Waals surface area contributed by atoms with Crippen LogP contribution in [0.2, 0.25) is 0 Å². The fraction of sp³-hybridized carbons (Fsp3) is 0.292. The van der Waals surface area contributed by atoms with Gasteiger partial charge in [0, 0.05) is 35.0 Å². The molecular formula is C24H23BrN6O3. The molecule has 3 N–H and O–H groups in total. The fourth-order valence-electron chi connectivity index (χ4n) is 4.50. The number of carboxylic acids is 1. The molecule has 4 heterocycles. The van der Waals surface area contributed by atoms with Crippen LogP contribution in [0.5, 0.6) is 5.75 Å². The first kappa shape index (κ1) is 22.3. The zero-order chi connectivity index (χ0) is 23.8. The predicted octanol–water partition coefficient (Wildman–Crippen LogP) is 4.57. The summed E-state index contributed by atoms with van der Waals surface area (Å²) in [6.45, 7) is 0. The van der Waals surface area contributed by atoms with Crippen molar-refractivity contribution in [1.82, 2.24) is 24.6 Å². The summed E-state index contributed by atoms with van der Waals surface area (Å²) in [6.07, 6.45) is 9.69. The van der Waals surface area contributed by atoms with Crippen molar-refractivity contribution in [1.29, 1.82) is 0 Å². The lowest BCUT2D eigenvalue weighted by molar-refractivity contribution is -0.142. The number of aliphatic carboxylic acids is 1. The first-order chi connectivity index (χ1) is 16.5. The van der Waals surface area contributed by atoms with Crippen LogP contribution >= 0.6 is 15.9 Å². The van der Waals surface area contributed by atoms with Crippen LogP contribution in [-0.2, 0) is 4.79 Å². The van der Waals surface area contributed by atoms with Crippen molar-refractivity contribution < 1.29 is 14.6 Å². The number of nitrogen functional groups attached to an aromatic ring is 1. The number of methoxy groups -OCH3 is 1. The molecule has 5 rings (SSSR count). The third kappa shape index (κ3) is 3.98. The van der Waals surface area contributed by atoms with Crippen LogP contribution in [0, 0.1) is 5.92 Å². The van der Waals surface area contributed by atoms with E-state index in [0.29, 0.717) is 34.5 Å². The molecule has 0 aromatic carbocycles. The minimum Gasteiger partial charge on any atom is -0.495 e. The smallest absolute Gasteiger partial charge is 0.306 e. The highest BCUT2D eigenvalue weighted by molar-refractivity contribution is 9.10. The standard InChI is InChI=1S/C24H23BrN6O3/c1-34-17-8-16(9-27-11-17)19-7-6-15(10-28-19)18-12-29-31-22(26)20(25)21(30-23(18)31)13-2-4-14(5-3-13)24(32)33/h6-14H,2-5,26H2,1H3,(H,32,33)/t13-,14-. The Balaban J connectivity index is 1.49. The molecule has 10 heteroatoms.